The molecule has 2 rings (SSSR count). The molecule has 5 heteroatoms. The number of aliphatic hydroxyl groups is 1. The van der Waals surface area contributed by atoms with Crippen LogP contribution in [0.5, 0.6) is 0 Å². The number of benzene rings is 1. The summed E-state index contributed by atoms with van der Waals surface area (Å²) in [6.07, 6.45) is 3.67. The summed E-state index contributed by atoms with van der Waals surface area (Å²) in [6.45, 7) is 4.94. The minimum Gasteiger partial charge on any atom is -0.385 e. The third kappa shape index (κ3) is 4.28. The Balaban J connectivity index is 2.09. The molecular formula is C16H25NO3S. The monoisotopic (exact) mass is 311 g/mol. The Hall–Kier alpha value is -0.910. The summed E-state index contributed by atoms with van der Waals surface area (Å²) < 4.78 is 24.9. The van der Waals surface area contributed by atoms with Crippen LogP contribution in [0.4, 0.5) is 0 Å². The maximum atomic E-state index is 11.7. The molecule has 1 N–H and O–H groups in total. The Kier molecular flexibility index (Phi) is 4.76. The minimum atomic E-state index is -3.13. The fraction of sp³-hybridized carbons (Fsp3) is 0.625. The second-order valence-corrected chi connectivity index (χ2v) is 8.46. The molecule has 1 aromatic rings. The second-order valence-electron chi connectivity index (χ2n) is 6.48. The molecule has 2 atom stereocenters. The van der Waals surface area contributed by atoms with Gasteiger partial charge in [0.05, 0.1) is 11.9 Å². The van der Waals surface area contributed by atoms with Crippen LogP contribution in [0.2, 0.25) is 0 Å². The highest BCUT2D eigenvalue weighted by Gasteiger charge is 2.32. The van der Waals surface area contributed by atoms with Gasteiger partial charge in [-0.3, -0.25) is 0 Å². The smallest absolute Gasteiger partial charge is 0.211 e. The Morgan fingerprint density at radius 3 is 2.76 bits per heavy atom. The molecule has 0 radical (unpaired) electrons. The van der Waals surface area contributed by atoms with E-state index >= 15 is 0 Å². The van der Waals surface area contributed by atoms with Gasteiger partial charge < -0.3 is 5.11 Å². The lowest BCUT2D eigenvalue weighted by molar-refractivity contribution is 0.0210. The molecule has 21 heavy (non-hydrogen) atoms. The summed E-state index contributed by atoms with van der Waals surface area (Å²) >= 11 is 0. The molecular weight excluding hydrogens is 286 g/mol. The van der Waals surface area contributed by atoms with Crippen LogP contribution in [0.3, 0.4) is 0 Å². The lowest BCUT2D eigenvalue weighted by atomic mass is 9.82. The number of hydrogen-bond donors (Lipinski definition) is 1. The van der Waals surface area contributed by atoms with Crippen LogP contribution in [-0.2, 0) is 15.6 Å². The van der Waals surface area contributed by atoms with Crippen LogP contribution in [0.1, 0.15) is 37.3 Å². The van der Waals surface area contributed by atoms with Crippen molar-refractivity contribution in [3.8, 4) is 0 Å². The average molecular weight is 311 g/mol. The fourth-order valence-electron chi connectivity index (χ4n) is 3.15. The molecule has 1 aromatic carbocycles. The van der Waals surface area contributed by atoms with E-state index in [0.29, 0.717) is 19.5 Å². The second kappa shape index (κ2) is 6.07. The third-order valence-electron chi connectivity index (χ3n) is 4.28. The van der Waals surface area contributed by atoms with Gasteiger partial charge in [-0.2, -0.15) is 0 Å². The zero-order chi connectivity index (χ0) is 15.7. The topological polar surface area (TPSA) is 57.6 Å². The summed E-state index contributed by atoms with van der Waals surface area (Å²) in [5, 5.41) is 10.8. The molecule has 1 heterocycles. The first-order chi connectivity index (χ1) is 9.68. The van der Waals surface area contributed by atoms with Crippen molar-refractivity contribution >= 4 is 10.0 Å². The highest BCUT2D eigenvalue weighted by molar-refractivity contribution is 7.88. The predicted octanol–water partition coefficient (Wildman–Crippen LogP) is 2.26. The SMILES string of the molecule is Cc1cccc(C(C)(O)CC2CCCN(S(C)(=O)=O)C2)c1. The Morgan fingerprint density at radius 2 is 2.14 bits per heavy atom. The first kappa shape index (κ1) is 16.5. The number of nitrogens with zero attached hydrogens (tertiary/aromatic N) is 1. The normalized spacial score (nSPS) is 23.7. The molecule has 1 fully saturated rings. The van der Waals surface area contributed by atoms with Gasteiger partial charge >= 0.3 is 0 Å². The van der Waals surface area contributed by atoms with Crippen LogP contribution < -0.4 is 0 Å². The number of sulfonamides is 1. The number of piperidine rings is 1. The molecule has 0 bridgehead atoms. The van der Waals surface area contributed by atoms with Gasteiger partial charge in [-0.1, -0.05) is 29.8 Å². The molecule has 118 valence electrons. The summed E-state index contributed by atoms with van der Waals surface area (Å²) in [4.78, 5) is 0. The van der Waals surface area contributed by atoms with E-state index in [2.05, 4.69) is 0 Å². The molecule has 0 aliphatic carbocycles. The number of rotatable bonds is 4. The van der Waals surface area contributed by atoms with Crippen molar-refractivity contribution in [1.82, 2.24) is 4.31 Å². The summed E-state index contributed by atoms with van der Waals surface area (Å²) in [5.41, 5.74) is 1.10. The zero-order valence-electron chi connectivity index (χ0n) is 13.0. The van der Waals surface area contributed by atoms with Gasteiger partial charge in [-0.05, 0) is 44.6 Å². The van der Waals surface area contributed by atoms with E-state index in [1.165, 1.54) is 10.6 Å². The van der Waals surface area contributed by atoms with Crippen molar-refractivity contribution in [3.63, 3.8) is 0 Å². The van der Waals surface area contributed by atoms with Crippen molar-refractivity contribution in [2.45, 2.75) is 38.7 Å². The largest absolute Gasteiger partial charge is 0.385 e. The first-order valence-corrected chi connectivity index (χ1v) is 9.28. The molecule has 0 amide bonds. The summed E-state index contributed by atoms with van der Waals surface area (Å²) in [7, 11) is -3.13. The van der Waals surface area contributed by atoms with E-state index in [4.69, 9.17) is 0 Å². The first-order valence-electron chi connectivity index (χ1n) is 7.43. The average Bonchev–Trinajstić information content (AvgIpc) is 2.37. The Bertz CT molecular complexity index is 595. The minimum absolute atomic E-state index is 0.198. The Morgan fingerprint density at radius 1 is 1.43 bits per heavy atom. The van der Waals surface area contributed by atoms with Crippen LogP contribution in [0.25, 0.3) is 0 Å². The molecule has 0 saturated carbocycles. The lowest BCUT2D eigenvalue weighted by Crippen LogP contribution is -2.41. The molecule has 1 aliphatic rings. The molecule has 2 unspecified atom stereocenters. The van der Waals surface area contributed by atoms with Gasteiger partial charge in [0.1, 0.15) is 0 Å². The van der Waals surface area contributed by atoms with E-state index in [9.17, 15) is 13.5 Å². The number of aryl methyl sites for hydroxylation is 1. The van der Waals surface area contributed by atoms with Crippen molar-refractivity contribution in [2.24, 2.45) is 5.92 Å². The van der Waals surface area contributed by atoms with Crippen LogP contribution >= 0.6 is 0 Å². The highest BCUT2D eigenvalue weighted by atomic mass is 32.2. The van der Waals surface area contributed by atoms with Crippen molar-refractivity contribution in [3.05, 3.63) is 35.4 Å². The standard InChI is InChI=1S/C16H25NO3S/c1-13-6-4-8-15(10-13)16(2,18)11-14-7-5-9-17(12-14)21(3,19)20/h4,6,8,10,14,18H,5,7,9,11-12H2,1-3H3. The molecule has 0 aromatic heterocycles. The van der Waals surface area contributed by atoms with Gasteiger partial charge in [0, 0.05) is 13.1 Å². The molecule has 4 nitrogen and oxygen atoms in total. The van der Waals surface area contributed by atoms with Gasteiger partial charge in [0.15, 0.2) is 0 Å². The van der Waals surface area contributed by atoms with Crippen LogP contribution in [0, 0.1) is 12.8 Å². The van der Waals surface area contributed by atoms with Crippen LogP contribution in [0.15, 0.2) is 24.3 Å². The van der Waals surface area contributed by atoms with E-state index < -0.39 is 15.6 Å². The maximum absolute atomic E-state index is 11.7. The van der Waals surface area contributed by atoms with Crippen molar-refractivity contribution < 1.29 is 13.5 Å². The van der Waals surface area contributed by atoms with E-state index in [1.54, 1.807) is 0 Å². The van der Waals surface area contributed by atoms with Crippen molar-refractivity contribution in [1.29, 1.82) is 0 Å². The van der Waals surface area contributed by atoms with Crippen molar-refractivity contribution in [2.75, 3.05) is 19.3 Å². The Labute approximate surface area is 127 Å². The number of hydrogen-bond acceptors (Lipinski definition) is 3. The van der Waals surface area contributed by atoms with E-state index in [1.807, 2.05) is 38.1 Å². The summed E-state index contributed by atoms with van der Waals surface area (Å²) in [5.74, 6) is 0.198. The fourth-order valence-corrected chi connectivity index (χ4v) is 4.10. The highest BCUT2D eigenvalue weighted by Crippen LogP contribution is 2.33. The van der Waals surface area contributed by atoms with Crippen LogP contribution in [-0.4, -0.2) is 37.2 Å². The lowest BCUT2D eigenvalue weighted by Gasteiger charge is -2.35. The quantitative estimate of drug-likeness (QED) is 0.928. The van der Waals surface area contributed by atoms with E-state index in [-0.39, 0.29) is 5.92 Å². The third-order valence-corrected chi connectivity index (χ3v) is 5.55. The zero-order valence-corrected chi connectivity index (χ0v) is 13.9. The molecule has 1 aliphatic heterocycles. The molecule has 1 saturated heterocycles. The van der Waals surface area contributed by atoms with Gasteiger partial charge in [0.2, 0.25) is 10.0 Å². The molecule has 0 spiro atoms. The maximum Gasteiger partial charge on any atom is 0.211 e. The van der Waals surface area contributed by atoms with Gasteiger partial charge in [0.25, 0.3) is 0 Å². The van der Waals surface area contributed by atoms with Gasteiger partial charge in [-0.15, -0.1) is 0 Å². The van der Waals surface area contributed by atoms with Gasteiger partial charge in [-0.25, -0.2) is 12.7 Å². The predicted molar refractivity (Wildman–Crippen MR) is 84.5 cm³/mol. The van der Waals surface area contributed by atoms with E-state index in [0.717, 1.165) is 24.0 Å². The summed E-state index contributed by atoms with van der Waals surface area (Å²) in [6, 6.07) is 7.88.